The molecule has 3 nitrogen and oxygen atoms in total. The van der Waals surface area contributed by atoms with Crippen molar-refractivity contribution >= 4 is 35.3 Å². The molecule has 2 aliphatic heterocycles. The quantitative estimate of drug-likeness (QED) is 0.901. The first-order valence-corrected chi connectivity index (χ1v) is 8.72. The zero-order valence-electron chi connectivity index (χ0n) is 12.6. The third-order valence-corrected chi connectivity index (χ3v) is 5.75. The van der Waals surface area contributed by atoms with Crippen molar-refractivity contribution in [3.63, 3.8) is 0 Å². The highest BCUT2D eigenvalue weighted by Gasteiger charge is 2.31. The molecule has 3 heterocycles. The van der Waals surface area contributed by atoms with Crippen molar-refractivity contribution < 1.29 is 0 Å². The number of rotatable bonds is 4. The van der Waals surface area contributed by atoms with E-state index in [1.54, 1.807) is 11.3 Å². The molecule has 3 rings (SSSR count). The molecule has 2 fully saturated rings. The Balaban J connectivity index is 0.00000161. The maximum atomic E-state index is 6.00. The average Bonchev–Trinajstić information content (AvgIpc) is 3.01. The Bertz CT molecular complexity index is 438. The molecule has 0 bridgehead atoms. The van der Waals surface area contributed by atoms with Gasteiger partial charge in [-0.3, -0.25) is 4.90 Å². The topological polar surface area (TPSA) is 18.5 Å². The smallest absolute Gasteiger partial charge is 0.0931 e. The highest BCUT2D eigenvalue weighted by molar-refractivity contribution is 7.16. The van der Waals surface area contributed by atoms with Gasteiger partial charge in [0.1, 0.15) is 0 Å². The molecule has 0 radical (unpaired) electrons. The fourth-order valence-corrected chi connectivity index (χ4v) is 4.44. The number of nitrogens with one attached hydrogen (secondary N) is 1. The van der Waals surface area contributed by atoms with E-state index >= 15 is 0 Å². The van der Waals surface area contributed by atoms with Gasteiger partial charge in [-0.2, -0.15) is 0 Å². The SMILES string of the molecule is CC1(CN2CCN(Cc3ccc(Cl)s3)CC2)CCNC1.Cl. The number of nitrogens with zero attached hydrogens (tertiary/aromatic N) is 2. The Labute approximate surface area is 143 Å². The van der Waals surface area contributed by atoms with Gasteiger partial charge in [-0.05, 0) is 30.5 Å². The van der Waals surface area contributed by atoms with Gasteiger partial charge in [-0.15, -0.1) is 23.7 Å². The summed E-state index contributed by atoms with van der Waals surface area (Å²) < 4.78 is 0.903. The lowest BCUT2D eigenvalue weighted by Gasteiger charge is -2.38. The molecule has 0 aliphatic carbocycles. The van der Waals surface area contributed by atoms with Crippen LogP contribution >= 0.6 is 35.3 Å². The van der Waals surface area contributed by atoms with E-state index in [0.717, 1.165) is 10.9 Å². The van der Waals surface area contributed by atoms with Gasteiger partial charge in [0, 0.05) is 50.7 Å². The van der Waals surface area contributed by atoms with E-state index in [2.05, 4.69) is 28.1 Å². The fraction of sp³-hybridized carbons (Fsp3) is 0.733. The molecule has 1 atom stereocenters. The maximum Gasteiger partial charge on any atom is 0.0931 e. The molecule has 2 aliphatic rings. The normalized spacial score (nSPS) is 27.7. The molecular weight excluding hydrogens is 325 g/mol. The maximum absolute atomic E-state index is 6.00. The molecule has 0 spiro atoms. The second-order valence-corrected chi connectivity index (χ2v) is 8.30. The summed E-state index contributed by atoms with van der Waals surface area (Å²) in [4.78, 5) is 6.58. The molecular formula is C15H25Cl2N3S. The Kier molecular flexibility index (Phi) is 6.36. The summed E-state index contributed by atoms with van der Waals surface area (Å²) in [6.07, 6.45) is 1.32. The Morgan fingerprint density at radius 2 is 1.95 bits per heavy atom. The molecule has 0 amide bonds. The third kappa shape index (κ3) is 4.81. The van der Waals surface area contributed by atoms with Crippen molar-refractivity contribution in [1.29, 1.82) is 0 Å². The first-order valence-electron chi connectivity index (χ1n) is 7.53. The molecule has 0 saturated carbocycles. The summed E-state index contributed by atoms with van der Waals surface area (Å²) in [6.45, 7) is 11.9. The Morgan fingerprint density at radius 3 is 2.52 bits per heavy atom. The zero-order valence-corrected chi connectivity index (χ0v) is 15.0. The van der Waals surface area contributed by atoms with Crippen molar-refractivity contribution in [3.8, 4) is 0 Å². The van der Waals surface area contributed by atoms with Crippen LogP contribution in [-0.4, -0.2) is 55.6 Å². The Hall–Kier alpha value is 0.160. The highest BCUT2D eigenvalue weighted by atomic mass is 35.5. The van der Waals surface area contributed by atoms with Gasteiger partial charge in [0.15, 0.2) is 0 Å². The predicted molar refractivity (Wildman–Crippen MR) is 93.9 cm³/mol. The van der Waals surface area contributed by atoms with Crippen LogP contribution in [0, 0.1) is 5.41 Å². The molecule has 1 unspecified atom stereocenters. The molecule has 0 aromatic carbocycles. The van der Waals surface area contributed by atoms with Gasteiger partial charge in [0.25, 0.3) is 0 Å². The van der Waals surface area contributed by atoms with Crippen LogP contribution in [0.2, 0.25) is 4.34 Å². The molecule has 6 heteroatoms. The van der Waals surface area contributed by atoms with Crippen LogP contribution < -0.4 is 5.32 Å². The van der Waals surface area contributed by atoms with Crippen molar-refractivity contribution in [2.45, 2.75) is 19.9 Å². The minimum Gasteiger partial charge on any atom is -0.316 e. The largest absolute Gasteiger partial charge is 0.316 e. The Morgan fingerprint density at radius 1 is 1.24 bits per heavy atom. The second-order valence-electron chi connectivity index (χ2n) is 6.50. The van der Waals surface area contributed by atoms with Gasteiger partial charge in [0.05, 0.1) is 4.34 Å². The number of hydrogen-bond acceptors (Lipinski definition) is 4. The van der Waals surface area contributed by atoms with Gasteiger partial charge >= 0.3 is 0 Å². The average molecular weight is 350 g/mol. The van der Waals surface area contributed by atoms with E-state index in [1.807, 2.05) is 6.07 Å². The predicted octanol–water partition coefficient (Wildman–Crippen LogP) is 2.94. The van der Waals surface area contributed by atoms with E-state index in [1.165, 1.54) is 57.1 Å². The summed E-state index contributed by atoms with van der Waals surface area (Å²) >= 11 is 7.71. The summed E-state index contributed by atoms with van der Waals surface area (Å²) in [6, 6.07) is 4.16. The van der Waals surface area contributed by atoms with Crippen LogP contribution in [0.4, 0.5) is 0 Å². The number of hydrogen-bond donors (Lipinski definition) is 1. The number of halogens is 2. The summed E-state index contributed by atoms with van der Waals surface area (Å²) in [5, 5.41) is 3.50. The number of thiophene rings is 1. The van der Waals surface area contributed by atoms with Gasteiger partial charge in [-0.25, -0.2) is 0 Å². The molecule has 1 aromatic rings. The van der Waals surface area contributed by atoms with Gasteiger partial charge < -0.3 is 10.2 Å². The standard InChI is InChI=1S/C15H24ClN3S.ClH/c1-15(4-5-17-11-15)12-19-8-6-18(7-9-19)10-13-2-3-14(16)20-13;/h2-3,17H,4-12H2,1H3;1H. The molecule has 2 saturated heterocycles. The van der Waals surface area contributed by atoms with Gasteiger partial charge in [-0.1, -0.05) is 18.5 Å². The zero-order chi connectivity index (χ0) is 14.0. The van der Waals surface area contributed by atoms with Crippen LogP contribution in [0.15, 0.2) is 12.1 Å². The van der Waals surface area contributed by atoms with Crippen LogP contribution in [0.5, 0.6) is 0 Å². The van der Waals surface area contributed by atoms with Gasteiger partial charge in [0.2, 0.25) is 0 Å². The third-order valence-electron chi connectivity index (χ3n) is 4.54. The number of piperazine rings is 1. The van der Waals surface area contributed by atoms with E-state index in [-0.39, 0.29) is 12.4 Å². The van der Waals surface area contributed by atoms with E-state index < -0.39 is 0 Å². The molecule has 120 valence electrons. The van der Waals surface area contributed by atoms with Crippen molar-refractivity contribution in [2.75, 3.05) is 45.8 Å². The lowest BCUT2D eigenvalue weighted by Crippen LogP contribution is -2.49. The monoisotopic (exact) mass is 349 g/mol. The van der Waals surface area contributed by atoms with Crippen LogP contribution in [0.1, 0.15) is 18.2 Å². The minimum atomic E-state index is 0. The van der Waals surface area contributed by atoms with Crippen LogP contribution in [0.25, 0.3) is 0 Å². The van der Waals surface area contributed by atoms with E-state index in [0.29, 0.717) is 5.41 Å². The first kappa shape index (κ1) is 17.5. The highest BCUT2D eigenvalue weighted by Crippen LogP contribution is 2.27. The fourth-order valence-electron chi connectivity index (χ4n) is 3.31. The second kappa shape index (κ2) is 7.62. The lowest BCUT2D eigenvalue weighted by molar-refractivity contribution is 0.0938. The summed E-state index contributed by atoms with van der Waals surface area (Å²) in [7, 11) is 0. The van der Waals surface area contributed by atoms with Crippen molar-refractivity contribution in [1.82, 2.24) is 15.1 Å². The lowest BCUT2D eigenvalue weighted by atomic mass is 9.89. The van der Waals surface area contributed by atoms with Crippen LogP contribution in [0.3, 0.4) is 0 Å². The van der Waals surface area contributed by atoms with Crippen molar-refractivity contribution in [2.24, 2.45) is 5.41 Å². The minimum absolute atomic E-state index is 0. The molecule has 21 heavy (non-hydrogen) atoms. The van der Waals surface area contributed by atoms with Crippen LogP contribution in [-0.2, 0) is 6.54 Å². The van der Waals surface area contributed by atoms with E-state index in [9.17, 15) is 0 Å². The first-order chi connectivity index (χ1) is 9.63. The summed E-state index contributed by atoms with van der Waals surface area (Å²) in [5.74, 6) is 0. The van der Waals surface area contributed by atoms with Crippen molar-refractivity contribution in [3.05, 3.63) is 21.3 Å². The molecule has 1 aromatic heterocycles. The van der Waals surface area contributed by atoms with E-state index in [4.69, 9.17) is 11.6 Å². The molecule has 1 N–H and O–H groups in total. The summed E-state index contributed by atoms with van der Waals surface area (Å²) in [5.41, 5.74) is 0.490.